The highest BCUT2D eigenvalue weighted by Crippen LogP contribution is 2.26. The molecule has 0 aliphatic carbocycles. The Bertz CT molecular complexity index is 492. The van der Waals surface area contributed by atoms with Crippen molar-refractivity contribution >= 4 is 11.6 Å². The van der Waals surface area contributed by atoms with Crippen LogP contribution in [0.15, 0.2) is 18.2 Å². The van der Waals surface area contributed by atoms with Gasteiger partial charge in [0.15, 0.2) is 0 Å². The predicted octanol–water partition coefficient (Wildman–Crippen LogP) is 4.08. The lowest BCUT2D eigenvalue weighted by atomic mass is 9.89. The van der Waals surface area contributed by atoms with Crippen molar-refractivity contribution in [2.45, 2.75) is 52.2 Å². The van der Waals surface area contributed by atoms with Crippen molar-refractivity contribution in [3.05, 3.63) is 34.6 Å². The molecule has 1 aromatic carbocycles. The lowest BCUT2D eigenvalue weighted by Gasteiger charge is -2.47. The van der Waals surface area contributed by atoms with Crippen molar-refractivity contribution in [2.75, 3.05) is 13.1 Å². The van der Waals surface area contributed by atoms with Gasteiger partial charge in [-0.1, -0.05) is 44.5 Å². The van der Waals surface area contributed by atoms with E-state index in [9.17, 15) is 4.39 Å². The van der Waals surface area contributed by atoms with Crippen molar-refractivity contribution in [1.29, 1.82) is 0 Å². The number of nitrogens with one attached hydrogen (secondary N) is 1. The SMILES string of the molecule is CCC1(C)CN(Cc2cccc(Cl)c2F)C(C(C)C)CN1. The minimum atomic E-state index is -0.279. The van der Waals surface area contributed by atoms with E-state index in [1.807, 2.05) is 12.1 Å². The van der Waals surface area contributed by atoms with Gasteiger partial charge >= 0.3 is 0 Å². The first-order chi connectivity index (χ1) is 9.86. The molecule has 0 saturated carbocycles. The highest BCUT2D eigenvalue weighted by Gasteiger charge is 2.35. The number of halogens is 2. The lowest BCUT2D eigenvalue weighted by Crippen LogP contribution is -2.63. The van der Waals surface area contributed by atoms with E-state index in [0.717, 1.165) is 19.5 Å². The minimum absolute atomic E-state index is 0.0977. The largest absolute Gasteiger partial charge is 0.309 e. The standard InChI is InChI=1S/C17H26ClFN2/c1-5-17(4)11-21(15(9-20-17)12(2)3)10-13-7-6-8-14(18)16(13)19/h6-8,12,15,20H,5,9-11H2,1-4H3. The first kappa shape index (κ1) is 16.7. The zero-order chi connectivity index (χ0) is 15.6. The Morgan fingerprint density at radius 2 is 2.19 bits per heavy atom. The van der Waals surface area contributed by atoms with Gasteiger partial charge in [-0.05, 0) is 25.3 Å². The molecule has 2 atom stereocenters. The maximum Gasteiger partial charge on any atom is 0.146 e. The summed E-state index contributed by atoms with van der Waals surface area (Å²) in [4.78, 5) is 2.40. The van der Waals surface area contributed by atoms with Gasteiger partial charge in [0.2, 0.25) is 0 Å². The summed E-state index contributed by atoms with van der Waals surface area (Å²) >= 11 is 5.91. The topological polar surface area (TPSA) is 15.3 Å². The van der Waals surface area contributed by atoms with Crippen LogP contribution in [0.3, 0.4) is 0 Å². The van der Waals surface area contributed by atoms with Gasteiger partial charge in [0.1, 0.15) is 5.82 Å². The molecule has 0 spiro atoms. The Kier molecular flexibility index (Phi) is 5.29. The normalized spacial score (nSPS) is 27.3. The third kappa shape index (κ3) is 3.77. The van der Waals surface area contributed by atoms with E-state index >= 15 is 0 Å². The van der Waals surface area contributed by atoms with E-state index in [4.69, 9.17) is 11.6 Å². The van der Waals surface area contributed by atoms with Crippen LogP contribution in [-0.2, 0) is 6.54 Å². The maximum atomic E-state index is 14.2. The van der Waals surface area contributed by atoms with Gasteiger partial charge in [-0.3, -0.25) is 4.90 Å². The molecule has 1 saturated heterocycles. The molecule has 21 heavy (non-hydrogen) atoms. The minimum Gasteiger partial charge on any atom is -0.309 e. The number of hydrogen-bond acceptors (Lipinski definition) is 2. The zero-order valence-corrected chi connectivity index (χ0v) is 14.2. The summed E-state index contributed by atoms with van der Waals surface area (Å²) in [6, 6.07) is 5.69. The van der Waals surface area contributed by atoms with Crippen molar-refractivity contribution < 1.29 is 4.39 Å². The fourth-order valence-electron chi connectivity index (χ4n) is 3.06. The van der Waals surface area contributed by atoms with Gasteiger partial charge in [0.05, 0.1) is 5.02 Å². The number of nitrogens with zero attached hydrogens (tertiary/aromatic N) is 1. The highest BCUT2D eigenvalue weighted by atomic mass is 35.5. The molecular formula is C17H26ClFN2. The van der Waals surface area contributed by atoms with Crippen LogP contribution in [0.4, 0.5) is 4.39 Å². The van der Waals surface area contributed by atoms with Gasteiger partial charge in [-0.25, -0.2) is 4.39 Å². The molecule has 0 radical (unpaired) electrons. The number of benzene rings is 1. The fourth-order valence-corrected chi connectivity index (χ4v) is 3.25. The summed E-state index contributed by atoms with van der Waals surface area (Å²) in [5.74, 6) is 0.250. The molecule has 1 aliphatic heterocycles. The first-order valence-electron chi connectivity index (χ1n) is 7.78. The fraction of sp³-hybridized carbons (Fsp3) is 0.647. The summed E-state index contributed by atoms with van der Waals surface area (Å²) < 4.78 is 14.2. The van der Waals surface area contributed by atoms with E-state index in [1.165, 1.54) is 0 Å². The Balaban J connectivity index is 2.22. The lowest BCUT2D eigenvalue weighted by molar-refractivity contribution is 0.0530. The van der Waals surface area contributed by atoms with Gasteiger partial charge in [-0.15, -0.1) is 0 Å². The number of hydrogen-bond donors (Lipinski definition) is 1. The predicted molar refractivity (Wildman–Crippen MR) is 87.1 cm³/mol. The molecule has 1 aliphatic rings. The Morgan fingerprint density at radius 3 is 2.81 bits per heavy atom. The first-order valence-corrected chi connectivity index (χ1v) is 8.16. The quantitative estimate of drug-likeness (QED) is 0.901. The van der Waals surface area contributed by atoms with Gasteiger partial charge < -0.3 is 5.32 Å². The third-order valence-electron chi connectivity index (χ3n) is 4.71. The summed E-state index contributed by atoms with van der Waals surface area (Å²) in [5.41, 5.74) is 0.786. The number of rotatable bonds is 4. The highest BCUT2D eigenvalue weighted by molar-refractivity contribution is 6.30. The molecule has 2 rings (SSSR count). The van der Waals surface area contributed by atoms with Crippen LogP contribution in [0.25, 0.3) is 0 Å². The molecule has 118 valence electrons. The van der Waals surface area contributed by atoms with Crippen LogP contribution in [0.2, 0.25) is 5.02 Å². The Labute approximate surface area is 132 Å². The summed E-state index contributed by atoms with van der Waals surface area (Å²) in [6.07, 6.45) is 1.06. The monoisotopic (exact) mass is 312 g/mol. The van der Waals surface area contributed by atoms with E-state index in [-0.39, 0.29) is 16.4 Å². The van der Waals surface area contributed by atoms with Crippen molar-refractivity contribution in [1.82, 2.24) is 10.2 Å². The van der Waals surface area contributed by atoms with E-state index in [0.29, 0.717) is 24.1 Å². The second-order valence-electron chi connectivity index (χ2n) is 6.72. The summed E-state index contributed by atoms with van der Waals surface area (Å²) in [7, 11) is 0. The van der Waals surface area contributed by atoms with Crippen LogP contribution >= 0.6 is 11.6 Å². The third-order valence-corrected chi connectivity index (χ3v) is 5.01. The molecule has 2 nitrogen and oxygen atoms in total. The maximum absolute atomic E-state index is 14.2. The van der Waals surface area contributed by atoms with E-state index in [2.05, 4.69) is 37.9 Å². The molecule has 4 heteroatoms. The van der Waals surface area contributed by atoms with E-state index in [1.54, 1.807) is 6.07 Å². The second kappa shape index (κ2) is 6.64. The molecule has 1 fully saturated rings. The van der Waals surface area contributed by atoms with Crippen LogP contribution < -0.4 is 5.32 Å². The van der Waals surface area contributed by atoms with Gasteiger partial charge in [0.25, 0.3) is 0 Å². The summed E-state index contributed by atoms with van der Waals surface area (Å²) in [5, 5.41) is 3.87. The van der Waals surface area contributed by atoms with Gasteiger partial charge in [0, 0.05) is 36.8 Å². The van der Waals surface area contributed by atoms with Crippen LogP contribution in [0.5, 0.6) is 0 Å². The van der Waals surface area contributed by atoms with Crippen LogP contribution in [0.1, 0.15) is 39.7 Å². The second-order valence-corrected chi connectivity index (χ2v) is 7.13. The molecule has 1 heterocycles. The number of piperazine rings is 1. The van der Waals surface area contributed by atoms with Crippen molar-refractivity contribution in [3.63, 3.8) is 0 Å². The molecular weight excluding hydrogens is 287 g/mol. The summed E-state index contributed by atoms with van der Waals surface area (Å²) in [6.45, 7) is 11.4. The molecule has 0 aromatic heterocycles. The average Bonchev–Trinajstić information content (AvgIpc) is 2.44. The van der Waals surface area contributed by atoms with Crippen LogP contribution in [0, 0.1) is 11.7 Å². The van der Waals surface area contributed by atoms with Crippen molar-refractivity contribution in [2.24, 2.45) is 5.92 Å². The molecule has 0 bridgehead atoms. The molecule has 1 aromatic rings. The Hall–Kier alpha value is -0.640. The smallest absolute Gasteiger partial charge is 0.146 e. The molecule has 1 N–H and O–H groups in total. The molecule has 0 amide bonds. The average molecular weight is 313 g/mol. The zero-order valence-electron chi connectivity index (χ0n) is 13.4. The molecule has 2 unspecified atom stereocenters. The van der Waals surface area contributed by atoms with Gasteiger partial charge in [-0.2, -0.15) is 0 Å². The van der Waals surface area contributed by atoms with Crippen LogP contribution in [-0.4, -0.2) is 29.6 Å². The van der Waals surface area contributed by atoms with E-state index < -0.39 is 0 Å². The Morgan fingerprint density at radius 1 is 1.48 bits per heavy atom. The van der Waals surface area contributed by atoms with Crippen molar-refractivity contribution in [3.8, 4) is 0 Å².